The molecule has 0 aliphatic rings. The first-order chi connectivity index (χ1) is 21.3. The van der Waals surface area contributed by atoms with Crippen LogP contribution in [0, 0.1) is 6.92 Å². The lowest BCUT2D eigenvalue weighted by Gasteiger charge is -2.28. The van der Waals surface area contributed by atoms with E-state index in [1.807, 2.05) is 0 Å². The highest BCUT2D eigenvalue weighted by Gasteiger charge is 2.34. The molecule has 0 aliphatic carbocycles. The number of hydrogen-bond donors (Lipinski definition) is 0. The van der Waals surface area contributed by atoms with Gasteiger partial charge in [0, 0.05) is 7.26 Å². The summed E-state index contributed by atoms with van der Waals surface area (Å²) in [5.41, 5.74) is 0.488. The fraction of sp³-hybridized carbons (Fsp3) is 0.846. The smallest absolute Gasteiger partial charge is 0.124 e. The maximum atomic E-state index is 10.5. The zero-order valence-corrected chi connectivity index (χ0v) is 31.9. The van der Waals surface area contributed by atoms with Crippen molar-refractivity contribution in [2.24, 2.45) is 0 Å². The molecule has 44 heavy (non-hydrogen) atoms. The van der Waals surface area contributed by atoms with Gasteiger partial charge in [-0.3, -0.25) is 0 Å². The van der Waals surface area contributed by atoms with Crippen LogP contribution in [0.1, 0.15) is 187 Å². The molecule has 0 heterocycles. The second-order valence-electron chi connectivity index (χ2n) is 13.5. The van der Waals surface area contributed by atoms with Gasteiger partial charge < -0.3 is 4.55 Å². The van der Waals surface area contributed by atoms with Crippen LogP contribution in [-0.4, -0.2) is 37.6 Å². The number of unbranched alkanes of at least 4 members (excludes halogenated alkanes) is 20. The predicted octanol–water partition coefficient (Wildman–Crippen LogP) is 13.3. The van der Waals surface area contributed by atoms with E-state index in [1.54, 1.807) is 69.4 Å². The van der Waals surface area contributed by atoms with Crippen molar-refractivity contribution in [2.45, 2.75) is 194 Å². The van der Waals surface area contributed by atoms with Crippen LogP contribution in [0.15, 0.2) is 29.2 Å². The summed E-state index contributed by atoms with van der Waals surface area (Å²) in [6.45, 7) is 11.0. The standard InChI is InChI=1S/C32H68P.C7H8O3S/c1-5-9-13-17-21-25-29-33(30-26-22-18-14-10-6-2,31-27-23-19-15-11-7-3)32-28-24-20-16-12-8-4;1-6-4-2-3-5-7(6)11(8,9)10/h5-32H2,1-4H3;2-5H,1H3,(H,8,9,10)/q+1;/p-1. The molecule has 0 aromatic heterocycles. The van der Waals surface area contributed by atoms with Crippen molar-refractivity contribution in [3.63, 3.8) is 0 Å². The van der Waals surface area contributed by atoms with Crippen molar-refractivity contribution in [1.82, 2.24) is 0 Å². The quantitative estimate of drug-likeness (QED) is 0.0490. The number of aryl methyl sites for hydroxylation is 1. The van der Waals surface area contributed by atoms with Crippen molar-refractivity contribution in [1.29, 1.82) is 0 Å². The minimum atomic E-state index is -4.28. The Bertz CT molecular complexity index is 785. The van der Waals surface area contributed by atoms with Gasteiger partial charge in [-0.2, -0.15) is 0 Å². The molecule has 0 N–H and O–H groups in total. The van der Waals surface area contributed by atoms with Gasteiger partial charge in [0.25, 0.3) is 0 Å². The molecule has 0 fully saturated rings. The summed E-state index contributed by atoms with van der Waals surface area (Å²) in [7, 11) is -5.00. The number of hydrogen-bond acceptors (Lipinski definition) is 3. The third-order valence-electron chi connectivity index (χ3n) is 9.31. The van der Waals surface area contributed by atoms with Crippen molar-refractivity contribution in [2.75, 3.05) is 24.6 Å². The Hall–Kier alpha value is -0.440. The lowest BCUT2D eigenvalue weighted by molar-refractivity contribution is 0.462. The van der Waals surface area contributed by atoms with E-state index in [-0.39, 0.29) is 4.90 Å². The molecule has 0 atom stereocenters. The molecule has 0 saturated heterocycles. The minimum Gasteiger partial charge on any atom is -0.744 e. The third-order valence-corrected chi connectivity index (χ3v) is 15.4. The van der Waals surface area contributed by atoms with Gasteiger partial charge in [0.15, 0.2) is 0 Å². The van der Waals surface area contributed by atoms with Crippen molar-refractivity contribution in [3.8, 4) is 0 Å². The van der Waals surface area contributed by atoms with Crippen LogP contribution >= 0.6 is 7.26 Å². The average molecular weight is 655 g/mol. The average Bonchev–Trinajstić information content (AvgIpc) is 3.00. The van der Waals surface area contributed by atoms with Crippen LogP contribution in [0.3, 0.4) is 0 Å². The van der Waals surface area contributed by atoms with E-state index in [0.29, 0.717) is 5.56 Å². The Balaban J connectivity index is 0.00000139. The Morgan fingerprint density at radius 1 is 0.477 bits per heavy atom. The Morgan fingerprint density at radius 3 is 1.00 bits per heavy atom. The molecule has 1 rings (SSSR count). The third kappa shape index (κ3) is 24.7. The van der Waals surface area contributed by atoms with Crippen LogP contribution in [-0.2, 0) is 10.1 Å². The van der Waals surface area contributed by atoms with Gasteiger partial charge >= 0.3 is 0 Å². The first-order valence-electron chi connectivity index (χ1n) is 19.1. The van der Waals surface area contributed by atoms with Gasteiger partial charge in [-0.25, -0.2) is 8.42 Å². The molecule has 0 saturated carbocycles. The van der Waals surface area contributed by atoms with Crippen molar-refractivity contribution < 1.29 is 13.0 Å². The zero-order chi connectivity index (χ0) is 32.8. The Labute approximate surface area is 277 Å². The van der Waals surface area contributed by atoms with E-state index in [4.69, 9.17) is 0 Å². The van der Waals surface area contributed by atoms with E-state index in [1.165, 1.54) is 141 Å². The summed E-state index contributed by atoms with van der Waals surface area (Å²) in [6.07, 6.45) is 42.1. The maximum absolute atomic E-state index is 10.5. The highest BCUT2D eigenvalue weighted by Crippen LogP contribution is 2.61. The summed E-state index contributed by atoms with van der Waals surface area (Å²) < 4.78 is 31.5. The molecule has 3 nitrogen and oxygen atoms in total. The summed E-state index contributed by atoms with van der Waals surface area (Å²) in [6, 6.07) is 6.10. The van der Waals surface area contributed by atoms with Crippen LogP contribution < -0.4 is 0 Å². The molecule has 1 aromatic carbocycles. The van der Waals surface area contributed by atoms with Gasteiger partial charge in [-0.15, -0.1) is 0 Å². The lowest BCUT2D eigenvalue weighted by atomic mass is 10.1. The van der Waals surface area contributed by atoms with Crippen molar-refractivity contribution in [3.05, 3.63) is 29.8 Å². The van der Waals surface area contributed by atoms with E-state index >= 15 is 0 Å². The first kappa shape index (κ1) is 43.6. The first-order valence-corrected chi connectivity index (χ1v) is 23.1. The number of benzene rings is 1. The normalized spacial score (nSPS) is 11.9. The van der Waals surface area contributed by atoms with E-state index < -0.39 is 17.4 Å². The summed E-state index contributed by atoms with van der Waals surface area (Å²) >= 11 is 0. The SMILES string of the molecule is CCCCCCCC[P+](CCCCCCCC)(CCCCCCCC)CCCCCCCC.Cc1ccccc1S(=O)(=O)[O-]. The highest BCUT2D eigenvalue weighted by atomic mass is 32.2. The van der Waals surface area contributed by atoms with Crippen LogP contribution in [0.2, 0.25) is 0 Å². The highest BCUT2D eigenvalue weighted by molar-refractivity contribution is 7.85. The number of rotatable bonds is 29. The molecular weight excluding hydrogens is 579 g/mol. The molecule has 0 aliphatic heterocycles. The second kappa shape index (κ2) is 29.9. The molecule has 260 valence electrons. The van der Waals surface area contributed by atoms with Crippen LogP contribution in [0.5, 0.6) is 0 Å². The topological polar surface area (TPSA) is 57.2 Å². The molecule has 0 spiro atoms. The van der Waals surface area contributed by atoms with Gasteiger partial charge in [-0.05, 0) is 69.9 Å². The molecule has 0 radical (unpaired) electrons. The van der Waals surface area contributed by atoms with Crippen LogP contribution in [0.25, 0.3) is 0 Å². The summed E-state index contributed by atoms with van der Waals surface area (Å²) in [5.74, 6) is 0. The van der Waals surface area contributed by atoms with E-state index in [0.717, 1.165) is 0 Å². The second-order valence-corrected chi connectivity index (χ2v) is 19.3. The monoisotopic (exact) mass is 655 g/mol. The maximum Gasteiger partial charge on any atom is 0.124 e. The summed E-state index contributed by atoms with van der Waals surface area (Å²) in [4.78, 5) is -0.139. The molecule has 1 aromatic rings. The van der Waals surface area contributed by atoms with Crippen molar-refractivity contribution >= 4 is 17.4 Å². The summed E-state index contributed by atoms with van der Waals surface area (Å²) in [5, 5.41) is 0. The van der Waals surface area contributed by atoms with Gasteiger partial charge in [0.2, 0.25) is 0 Å². The largest absolute Gasteiger partial charge is 0.744 e. The Kier molecular flexibility index (Phi) is 29.6. The van der Waals surface area contributed by atoms with Gasteiger partial charge in [-0.1, -0.05) is 149 Å². The Morgan fingerprint density at radius 2 is 0.750 bits per heavy atom. The fourth-order valence-electron chi connectivity index (χ4n) is 6.42. The molecular formula is C39H75O3PS. The molecule has 0 unspecified atom stereocenters. The van der Waals surface area contributed by atoms with E-state index in [9.17, 15) is 13.0 Å². The molecule has 0 amide bonds. The minimum absolute atomic E-state index is 0.139. The molecule has 5 heteroatoms. The van der Waals surface area contributed by atoms with E-state index in [2.05, 4.69) is 27.7 Å². The predicted molar refractivity (Wildman–Crippen MR) is 199 cm³/mol. The lowest BCUT2D eigenvalue weighted by Crippen LogP contribution is -2.13. The van der Waals surface area contributed by atoms with Gasteiger partial charge in [0.05, 0.1) is 29.5 Å². The van der Waals surface area contributed by atoms with Gasteiger partial charge in [0.1, 0.15) is 10.1 Å². The zero-order valence-electron chi connectivity index (χ0n) is 30.2. The fourth-order valence-corrected chi connectivity index (χ4v) is 12.0. The molecule has 0 bridgehead atoms. The van der Waals surface area contributed by atoms with Crippen LogP contribution in [0.4, 0.5) is 0 Å².